The molecule has 0 spiro atoms. The number of amides is 1. The molecule has 0 saturated carbocycles. The average molecular weight is 732 g/mol. The highest BCUT2D eigenvalue weighted by Crippen LogP contribution is 2.16. The molecule has 0 saturated heterocycles. The number of hydrogen-bond acceptors (Lipinski definition) is 4. The molecule has 0 rings (SSSR count). The van der Waals surface area contributed by atoms with Crippen LogP contribution in [0.1, 0.15) is 232 Å². The van der Waals surface area contributed by atoms with E-state index in [2.05, 4.69) is 55.6 Å². The second-order valence-corrected chi connectivity index (χ2v) is 15.6. The third-order valence-corrected chi connectivity index (χ3v) is 10.5. The number of carbonyl (C=O) groups excluding carboxylic acids is 1. The van der Waals surface area contributed by atoms with Crippen molar-refractivity contribution in [3.63, 3.8) is 0 Å². The number of carbonyl (C=O) groups is 1. The van der Waals surface area contributed by atoms with Crippen molar-refractivity contribution in [3.8, 4) is 0 Å². The first kappa shape index (κ1) is 50.6. The van der Waals surface area contributed by atoms with Gasteiger partial charge in [-0.05, 0) is 64.2 Å². The van der Waals surface area contributed by atoms with E-state index >= 15 is 0 Å². The largest absolute Gasteiger partial charge is 0.394 e. The Labute approximate surface area is 324 Å². The Morgan fingerprint density at radius 1 is 0.500 bits per heavy atom. The molecule has 3 unspecified atom stereocenters. The molecule has 0 aromatic rings. The molecule has 306 valence electrons. The smallest absolute Gasteiger partial charge is 0.220 e. The predicted octanol–water partition coefficient (Wildman–Crippen LogP) is 13.2. The van der Waals surface area contributed by atoms with Gasteiger partial charge in [-0.3, -0.25) is 4.79 Å². The lowest BCUT2D eigenvalue weighted by Crippen LogP contribution is -2.50. The number of aliphatic hydroxyl groups excluding tert-OH is 3. The van der Waals surface area contributed by atoms with E-state index in [1.165, 1.54) is 154 Å². The van der Waals surface area contributed by atoms with Crippen LogP contribution in [0.3, 0.4) is 0 Å². The van der Waals surface area contributed by atoms with Gasteiger partial charge in [-0.15, -0.1) is 0 Å². The predicted molar refractivity (Wildman–Crippen MR) is 227 cm³/mol. The zero-order valence-electron chi connectivity index (χ0n) is 34.7. The topological polar surface area (TPSA) is 89.8 Å². The van der Waals surface area contributed by atoms with E-state index in [4.69, 9.17) is 0 Å². The first-order valence-electron chi connectivity index (χ1n) is 22.8. The van der Waals surface area contributed by atoms with Crippen LogP contribution in [0.25, 0.3) is 0 Å². The number of aliphatic hydroxyl groups is 3. The van der Waals surface area contributed by atoms with Crippen LogP contribution in [0.4, 0.5) is 0 Å². The highest BCUT2D eigenvalue weighted by molar-refractivity contribution is 5.76. The van der Waals surface area contributed by atoms with Gasteiger partial charge in [0.15, 0.2) is 0 Å². The summed E-state index contributed by atoms with van der Waals surface area (Å²) in [5.74, 6) is -0.154. The molecule has 5 nitrogen and oxygen atoms in total. The Kier molecular flexibility index (Phi) is 41.1. The van der Waals surface area contributed by atoms with Gasteiger partial charge in [0.25, 0.3) is 0 Å². The first-order valence-corrected chi connectivity index (χ1v) is 22.8. The summed E-state index contributed by atoms with van der Waals surface area (Å²) < 4.78 is 0. The maximum Gasteiger partial charge on any atom is 0.220 e. The van der Waals surface area contributed by atoms with Crippen molar-refractivity contribution in [3.05, 3.63) is 36.5 Å². The fourth-order valence-corrected chi connectivity index (χ4v) is 6.97. The van der Waals surface area contributed by atoms with E-state index in [-0.39, 0.29) is 12.5 Å². The summed E-state index contributed by atoms with van der Waals surface area (Å²) >= 11 is 0. The van der Waals surface area contributed by atoms with Crippen LogP contribution < -0.4 is 5.32 Å². The summed E-state index contributed by atoms with van der Waals surface area (Å²) in [6.07, 6.45) is 52.6. The zero-order chi connectivity index (χ0) is 38.0. The van der Waals surface area contributed by atoms with Crippen molar-refractivity contribution in [2.24, 2.45) is 0 Å². The van der Waals surface area contributed by atoms with Crippen LogP contribution in [0, 0.1) is 0 Å². The minimum Gasteiger partial charge on any atom is -0.394 e. The lowest BCUT2D eigenvalue weighted by atomic mass is 10.0. The Balaban J connectivity index is 3.63. The highest BCUT2D eigenvalue weighted by Gasteiger charge is 2.26. The van der Waals surface area contributed by atoms with E-state index in [9.17, 15) is 20.1 Å². The van der Waals surface area contributed by atoms with E-state index < -0.39 is 18.2 Å². The molecule has 0 aromatic carbocycles. The summed E-state index contributed by atoms with van der Waals surface area (Å²) in [6, 6.07) is -0.825. The maximum absolute atomic E-state index is 12.4. The Morgan fingerprint density at radius 2 is 0.885 bits per heavy atom. The molecule has 0 radical (unpaired) electrons. The van der Waals surface area contributed by atoms with Crippen LogP contribution in [0.2, 0.25) is 0 Å². The lowest BCUT2D eigenvalue weighted by molar-refractivity contribution is -0.124. The fraction of sp³-hybridized carbons (Fsp3) is 0.851. The summed E-state index contributed by atoms with van der Waals surface area (Å²) in [6.45, 7) is 4.07. The molecule has 0 aliphatic heterocycles. The quantitative estimate of drug-likeness (QED) is 0.0372. The van der Waals surface area contributed by atoms with Gasteiger partial charge in [-0.2, -0.15) is 0 Å². The van der Waals surface area contributed by atoms with Gasteiger partial charge >= 0.3 is 0 Å². The molecule has 0 bridgehead atoms. The molecule has 0 aliphatic rings. The fourth-order valence-electron chi connectivity index (χ4n) is 6.97. The normalized spacial score (nSPS) is 13.9. The molecular formula is C47H89NO4. The zero-order valence-corrected chi connectivity index (χ0v) is 34.7. The average Bonchev–Trinajstić information content (AvgIpc) is 3.15. The van der Waals surface area contributed by atoms with Crippen LogP contribution >= 0.6 is 0 Å². The molecule has 0 heterocycles. The number of allylic oxidation sites excluding steroid dienone is 6. The molecule has 0 aromatic heterocycles. The number of hydrogen-bond donors (Lipinski definition) is 4. The lowest BCUT2D eigenvalue weighted by Gasteiger charge is -2.26. The molecule has 52 heavy (non-hydrogen) atoms. The Morgan fingerprint density at radius 3 is 1.33 bits per heavy atom. The van der Waals surface area contributed by atoms with E-state index in [1.54, 1.807) is 0 Å². The van der Waals surface area contributed by atoms with Crippen molar-refractivity contribution in [2.75, 3.05) is 6.61 Å². The van der Waals surface area contributed by atoms with Crippen LogP contribution in [0.15, 0.2) is 36.5 Å². The van der Waals surface area contributed by atoms with Gasteiger partial charge in [-0.25, -0.2) is 0 Å². The summed E-state index contributed by atoms with van der Waals surface area (Å²) in [5.41, 5.74) is 0. The standard InChI is InChI=1S/C47H89NO4/c1-3-5-7-9-11-13-15-17-19-21-22-23-24-26-28-30-32-34-36-38-40-42-46(51)48-44(43-49)47(52)45(50)41-39-37-35-33-31-29-27-25-20-18-16-14-12-10-8-6-4-2/h5,7,11,13,33,35,44-45,47,49-50,52H,3-4,6,8-10,12,14-32,34,36-43H2,1-2H3,(H,48,51)/b7-5-,13-11-,35-33+. The van der Waals surface area contributed by atoms with Gasteiger partial charge in [0, 0.05) is 6.42 Å². The molecule has 5 heteroatoms. The molecule has 0 aliphatic carbocycles. The van der Waals surface area contributed by atoms with E-state index in [1.807, 2.05) is 0 Å². The molecule has 4 N–H and O–H groups in total. The van der Waals surface area contributed by atoms with Gasteiger partial charge < -0.3 is 20.6 Å². The van der Waals surface area contributed by atoms with Gasteiger partial charge in [0.05, 0.1) is 18.8 Å². The third kappa shape index (κ3) is 36.9. The maximum atomic E-state index is 12.4. The molecule has 0 fully saturated rings. The van der Waals surface area contributed by atoms with Crippen LogP contribution in [-0.4, -0.2) is 46.1 Å². The van der Waals surface area contributed by atoms with Crippen molar-refractivity contribution in [2.45, 2.75) is 250 Å². The second-order valence-electron chi connectivity index (χ2n) is 15.6. The number of nitrogens with one attached hydrogen (secondary N) is 1. The Bertz CT molecular complexity index is 809. The van der Waals surface area contributed by atoms with Crippen molar-refractivity contribution >= 4 is 5.91 Å². The molecule has 1 amide bonds. The Hall–Kier alpha value is -1.43. The monoisotopic (exact) mass is 732 g/mol. The highest BCUT2D eigenvalue weighted by atomic mass is 16.3. The number of unbranched alkanes of at least 4 members (excludes halogenated alkanes) is 27. The molecule has 3 atom stereocenters. The minimum absolute atomic E-state index is 0.154. The first-order chi connectivity index (χ1) is 25.6. The summed E-state index contributed by atoms with van der Waals surface area (Å²) in [4.78, 5) is 12.4. The third-order valence-electron chi connectivity index (χ3n) is 10.5. The van der Waals surface area contributed by atoms with Gasteiger partial charge in [0.2, 0.25) is 5.91 Å². The van der Waals surface area contributed by atoms with E-state index in [0.29, 0.717) is 12.8 Å². The van der Waals surface area contributed by atoms with Crippen molar-refractivity contribution in [1.82, 2.24) is 5.32 Å². The summed E-state index contributed by atoms with van der Waals surface area (Å²) in [7, 11) is 0. The van der Waals surface area contributed by atoms with Gasteiger partial charge in [0.1, 0.15) is 6.10 Å². The number of rotatable bonds is 41. The van der Waals surface area contributed by atoms with Crippen molar-refractivity contribution < 1.29 is 20.1 Å². The minimum atomic E-state index is -1.16. The van der Waals surface area contributed by atoms with Crippen molar-refractivity contribution in [1.29, 1.82) is 0 Å². The van der Waals surface area contributed by atoms with Gasteiger partial charge in [-0.1, -0.05) is 198 Å². The second kappa shape index (κ2) is 42.3. The van der Waals surface area contributed by atoms with Crippen LogP contribution in [-0.2, 0) is 4.79 Å². The summed E-state index contributed by atoms with van der Waals surface area (Å²) in [5, 5.41) is 33.5. The molecular weight excluding hydrogens is 643 g/mol. The van der Waals surface area contributed by atoms with E-state index in [0.717, 1.165) is 51.4 Å². The SMILES string of the molecule is CC/C=C\C/C=C\CCCCCCCCCCCCCCCCC(=O)NC(CO)C(O)C(O)CCC/C=C/CCCCCCCCCCCCCC. The van der Waals surface area contributed by atoms with Crippen LogP contribution in [0.5, 0.6) is 0 Å².